The molecule has 0 aromatic carbocycles. The van der Waals surface area contributed by atoms with Crippen molar-refractivity contribution in [2.24, 2.45) is 0 Å². The smallest absolute Gasteiger partial charge is 0.140 e. The van der Waals surface area contributed by atoms with E-state index in [1.807, 2.05) is 6.07 Å². The van der Waals surface area contributed by atoms with Crippen molar-refractivity contribution in [3.63, 3.8) is 0 Å². The van der Waals surface area contributed by atoms with Crippen molar-refractivity contribution in [2.45, 2.75) is 12.5 Å². The van der Waals surface area contributed by atoms with Gasteiger partial charge in [-0.2, -0.15) is 5.26 Å². The van der Waals surface area contributed by atoms with E-state index in [9.17, 15) is 0 Å². The van der Waals surface area contributed by atoms with Crippen LogP contribution in [0.1, 0.15) is 12.1 Å². The van der Waals surface area contributed by atoms with Gasteiger partial charge >= 0.3 is 0 Å². The summed E-state index contributed by atoms with van der Waals surface area (Å²) in [4.78, 5) is 3.91. The Kier molecular flexibility index (Phi) is 4.32. The first-order valence-electron chi connectivity index (χ1n) is 4.64. The molecule has 0 unspecified atom stereocenters. The van der Waals surface area contributed by atoms with Crippen LogP contribution in [0.15, 0.2) is 31.0 Å². The second-order valence-electron chi connectivity index (χ2n) is 3.09. The van der Waals surface area contributed by atoms with Gasteiger partial charge in [-0.1, -0.05) is 6.08 Å². The van der Waals surface area contributed by atoms with Crippen molar-refractivity contribution >= 4 is 5.69 Å². The molecule has 78 valence electrons. The highest BCUT2D eigenvalue weighted by Gasteiger charge is 2.04. The van der Waals surface area contributed by atoms with Gasteiger partial charge in [0.15, 0.2) is 0 Å². The molecule has 15 heavy (non-hydrogen) atoms. The monoisotopic (exact) mass is 203 g/mol. The SMILES string of the molecule is C=CC[C@@H](CO)Nc1ccc(C#N)nc1. The van der Waals surface area contributed by atoms with Crippen LogP contribution in [0, 0.1) is 11.3 Å². The number of nitrogens with zero attached hydrogens (tertiary/aromatic N) is 2. The summed E-state index contributed by atoms with van der Waals surface area (Å²) in [6.07, 6.45) is 3.99. The second kappa shape index (κ2) is 5.78. The van der Waals surface area contributed by atoms with Gasteiger partial charge in [-0.3, -0.25) is 0 Å². The Morgan fingerprint density at radius 2 is 2.47 bits per heavy atom. The summed E-state index contributed by atoms with van der Waals surface area (Å²) in [5.74, 6) is 0. The largest absolute Gasteiger partial charge is 0.394 e. The van der Waals surface area contributed by atoms with E-state index in [0.29, 0.717) is 12.1 Å². The Hall–Kier alpha value is -1.86. The van der Waals surface area contributed by atoms with Gasteiger partial charge in [0.05, 0.1) is 24.5 Å². The molecule has 4 nitrogen and oxygen atoms in total. The van der Waals surface area contributed by atoms with E-state index >= 15 is 0 Å². The number of aliphatic hydroxyl groups is 1. The first-order chi connectivity index (χ1) is 7.30. The molecule has 0 amide bonds. The normalized spacial score (nSPS) is 11.5. The summed E-state index contributed by atoms with van der Waals surface area (Å²) >= 11 is 0. The third-order valence-electron chi connectivity index (χ3n) is 1.92. The van der Waals surface area contributed by atoms with Gasteiger partial charge in [0.2, 0.25) is 0 Å². The minimum absolute atomic E-state index is 0.0338. The molecule has 0 radical (unpaired) electrons. The summed E-state index contributed by atoms with van der Waals surface area (Å²) in [5.41, 5.74) is 1.17. The first kappa shape index (κ1) is 11.2. The molecule has 0 saturated carbocycles. The molecule has 0 spiro atoms. The summed E-state index contributed by atoms with van der Waals surface area (Å²) in [6.45, 7) is 3.64. The zero-order valence-corrected chi connectivity index (χ0v) is 8.35. The lowest BCUT2D eigenvalue weighted by Crippen LogP contribution is -2.22. The van der Waals surface area contributed by atoms with Crippen LogP contribution in [0.3, 0.4) is 0 Å². The predicted molar refractivity (Wildman–Crippen MR) is 58.3 cm³/mol. The zero-order chi connectivity index (χ0) is 11.1. The van der Waals surface area contributed by atoms with E-state index in [2.05, 4.69) is 16.9 Å². The average Bonchev–Trinajstić information content (AvgIpc) is 2.29. The fourth-order valence-corrected chi connectivity index (χ4v) is 1.16. The molecule has 0 fully saturated rings. The minimum Gasteiger partial charge on any atom is -0.394 e. The maximum atomic E-state index is 9.04. The number of rotatable bonds is 5. The summed E-state index contributed by atoms with van der Waals surface area (Å²) in [7, 11) is 0. The Bertz CT molecular complexity index is 353. The van der Waals surface area contributed by atoms with Crippen molar-refractivity contribution in [2.75, 3.05) is 11.9 Å². The number of pyridine rings is 1. The molecule has 0 aliphatic heterocycles. The van der Waals surface area contributed by atoms with Crippen molar-refractivity contribution < 1.29 is 5.11 Å². The number of hydrogen-bond donors (Lipinski definition) is 2. The van der Waals surface area contributed by atoms with Gasteiger partial charge in [-0.05, 0) is 18.6 Å². The predicted octanol–water partition coefficient (Wildman–Crippen LogP) is 1.30. The van der Waals surface area contributed by atoms with E-state index in [1.54, 1.807) is 24.4 Å². The molecule has 0 aliphatic carbocycles. The topological polar surface area (TPSA) is 68.9 Å². The molecule has 1 aromatic rings. The maximum Gasteiger partial charge on any atom is 0.140 e. The highest BCUT2D eigenvalue weighted by molar-refractivity contribution is 5.43. The second-order valence-corrected chi connectivity index (χ2v) is 3.09. The van der Waals surface area contributed by atoms with Crippen LogP contribution in [0.25, 0.3) is 0 Å². The minimum atomic E-state index is -0.0581. The molecular formula is C11H13N3O. The number of aliphatic hydroxyl groups excluding tert-OH is 1. The number of aromatic nitrogens is 1. The van der Waals surface area contributed by atoms with Gasteiger partial charge in [0.1, 0.15) is 11.8 Å². The Morgan fingerprint density at radius 1 is 1.67 bits per heavy atom. The zero-order valence-electron chi connectivity index (χ0n) is 8.35. The number of nitriles is 1. The highest BCUT2D eigenvalue weighted by atomic mass is 16.3. The lowest BCUT2D eigenvalue weighted by atomic mass is 10.2. The molecule has 0 saturated heterocycles. The molecule has 1 aromatic heterocycles. The summed E-state index contributed by atoms with van der Waals surface area (Å²) in [6, 6.07) is 5.27. The lowest BCUT2D eigenvalue weighted by molar-refractivity contribution is 0.275. The molecule has 2 N–H and O–H groups in total. The van der Waals surface area contributed by atoms with Crippen LogP contribution in [0.4, 0.5) is 5.69 Å². The van der Waals surface area contributed by atoms with E-state index in [0.717, 1.165) is 5.69 Å². The average molecular weight is 203 g/mol. The van der Waals surface area contributed by atoms with Crippen molar-refractivity contribution in [3.05, 3.63) is 36.7 Å². The van der Waals surface area contributed by atoms with Crippen molar-refractivity contribution in [1.29, 1.82) is 5.26 Å². The first-order valence-corrected chi connectivity index (χ1v) is 4.64. The third kappa shape index (κ3) is 3.41. The number of hydrogen-bond acceptors (Lipinski definition) is 4. The lowest BCUT2D eigenvalue weighted by Gasteiger charge is -2.15. The van der Waals surface area contributed by atoms with Gasteiger partial charge in [-0.15, -0.1) is 6.58 Å². The molecule has 0 aliphatic rings. The van der Waals surface area contributed by atoms with E-state index in [-0.39, 0.29) is 12.6 Å². The molecule has 1 heterocycles. The van der Waals surface area contributed by atoms with E-state index in [1.165, 1.54) is 0 Å². The standard InChI is InChI=1S/C11H13N3O/c1-2-3-11(8-15)14-10-5-4-9(6-12)13-7-10/h2,4-5,7,11,14-15H,1,3,8H2/t11-/m0/s1. The Balaban J connectivity index is 2.63. The quantitative estimate of drug-likeness (QED) is 0.708. The van der Waals surface area contributed by atoms with Gasteiger partial charge in [0.25, 0.3) is 0 Å². The third-order valence-corrected chi connectivity index (χ3v) is 1.92. The molecule has 1 rings (SSSR count). The number of nitrogens with one attached hydrogen (secondary N) is 1. The van der Waals surface area contributed by atoms with Gasteiger partial charge in [0, 0.05) is 0 Å². The summed E-state index contributed by atoms with van der Waals surface area (Å²) in [5, 5.41) is 20.7. The van der Waals surface area contributed by atoms with Crippen molar-refractivity contribution in [3.8, 4) is 6.07 Å². The van der Waals surface area contributed by atoms with Crippen LogP contribution in [0.5, 0.6) is 0 Å². The summed E-state index contributed by atoms with van der Waals surface area (Å²) < 4.78 is 0. The number of anilines is 1. The van der Waals surface area contributed by atoms with Crippen LogP contribution >= 0.6 is 0 Å². The molecular weight excluding hydrogens is 190 g/mol. The van der Waals surface area contributed by atoms with Gasteiger partial charge in [-0.25, -0.2) is 4.98 Å². The van der Waals surface area contributed by atoms with E-state index in [4.69, 9.17) is 10.4 Å². The molecule has 4 heteroatoms. The molecule has 1 atom stereocenters. The van der Waals surface area contributed by atoms with Crippen molar-refractivity contribution in [1.82, 2.24) is 4.98 Å². The fourth-order valence-electron chi connectivity index (χ4n) is 1.16. The molecule has 0 bridgehead atoms. The Labute approximate surface area is 88.9 Å². The van der Waals surface area contributed by atoms with Crippen LogP contribution in [0.2, 0.25) is 0 Å². The van der Waals surface area contributed by atoms with Crippen LogP contribution in [-0.2, 0) is 0 Å². The maximum absolute atomic E-state index is 9.04. The van der Waals surface area contributed by atoms with Crippen LogP contribution < -0.4 is 5.32 Å². The van der Waals surface area contributed by atoms with Crippen LogP contribution in [-0.4, -0.2) is 22.7 Å². The fraction of sp³-hybridized carbons (Fsp3) is 0.273. The van der Waals surface area contributed by atoms with Gasteiger partial charge < -0.3 is 10.4 Å². The Morgan fingerprint density at radius 3 is 2.93 bits per heavy atom. The highest BCUT2D eigenvalue weighted by Crippen LogP contribution is 2.08. The van der Waals surface area contributed by atoms with E-state index < -0.39 is 0 Å².